The summed E-state index contributed by atoms with van der Waals surface area (Å²) >= 11 is 0. The van der Waals surface area contributed by atoms with Gasteiger partial charge in [0.1, 0.15) is 5.60 Å². The summed E-state index contributed by atoms with van der Waals surface area (Å²) < 4.78 is 13.9. The molecular weight excluding hydrogens is 498 g/mol. The van der Waals surface area contributed by atoms with Crippen molar-refractivity contribution in [2.45, 2.75) is 96.0 Å². The zero-order valence-electron chi connectivity index (χ0n) is 23.7. The number of amides is 3. The van der Waals surface area contributed by atoms with Crippen molar-refractivity contribution in [1.82, 2.24) is 20.0 Å². The first kappa shape index (κ1) is 27.4. The van der Waals surface area contributed by atoms with E-state index in [0.717, 1.165) is 61.1 Å². The smallest absolute Gasteiger partial charge is 0.410 e. The summed E-state index contributed by atoms with van der Waals surface area (Å²) in [6.45, 7) is 10.2. The van der Waals surface area contributed by atoms with E-state index in [1.807, 2.05) is 37.4 Å². The standard InChI is InChI=1S/C29H41N5O5/c1-18-16-21(12-15-34(18)28(37)39-29(2,3)4)38-20-10-13-33(14-11-20)19-6-7-22-24(17-19)32(5)31-26(22)23-8-9-25(35)30-27(23)36/h6-7,17-18,20-21,23H,8-16H2,1-5H3,(H,30,35,36)/t18-,21+,23?/m0/s1. The number of hydrogen-bond donors (Lipinski definition) is 1. The molecule has 1 aromatic carbocycles. The quantitative estimate of drug-likeness (QED) is 0.588. The van der Waals surface area contributed by atoms with Crippen molar-refractivity contribution < 1.29 is 23.9 Å². The van der Waals surface area contributed by atoms with E-state index in [-0.39, 0.29) is 36.2 Å². The second-order valence-corrected chi connectivity index (χ2v) is 12.2. The minimum Gasteiger partial charge on any atom is -0.444 e. The predicted molar refractivity (Wildman–Crippen MR) is 148 cm³/mol. The lowest BCUT2D eigenvalue weighted by Gasteiger charge is -2.40. The molecule has 39 heavy (non-hydrogen) atoms. The molecule has 3 aliphatic rings. The molecule has 1 N–H and O–H groups in total. The number of ether oxygens (including phenoxy) is 2. The molecule has 0 bridgehead atoms. The minimum atomic E-state index is -0.491. The number of rotatable bonds is 4. The van der Waals surface area contributed by atoms with Crippen LogP contribution in [-0.2, 0) is 26.1 Å². The third kappa shape index (κ3) is 6.05. The fourth-order valence-corrected chi connectivity index (χ4v) is 6.05. The van der Waals surface area contributed by atoms with Gasteiger partial charge in [-0.05, 0) is 78.0 Å². The minimum absolute atomic E-state index is 0.0920. The van der Waals surface area contributed by atoms with Crippen LogP contribution < -0.4 is 10.2 Å². The average Bonchev–Trinajstić information content (AvgIpc) is 3.19. The number of carbonyl (C=O) groups is 3. The Hall–Kier alpha value is -3.14. The molecule has 212 valence electrons. The Labute approximate surface area is 230 Å². The number of fused-ring (bicyclic) bond motifs is 1. The van der Waals surface area contributed by atoms with Crippen molar-refractivity contribution in [2.24, 2.45) is 7.05 Å². The van der Waals surface area contributed by atoms with Crippen molar-refractivity contribution in [3.63, 3.8) is 0 Å². The fraction of sp³-hybridized carbons (Fsp3) is 0.655. The topological polar surface area (TPSA) is 106 Å². The number of hydrogen-bond acceptors (Lipinski definition) is 7. The third-order valence-corrected chi connectivity index (χ3v) is 8.08. The first-order chi connectivity index (χ1) is 18.5. The molecule has 2 aromatic rings. The van der Waals surface area contributed by atoms with Gasteiger partial charge in [-0.1, -0.05) is 0 Å². The van der Waals surface area contributed by atoms with Crippen LogP contribution in [0.15, 0.2) is 18.2 Å². The lowest BCUT2D eigenvalue weighted by atomic mass is 9.92. The van der Waals surface area contributed by atoms with Gasteiger partial charge in [0.25, 0.3) is 0 Å². The third-order valence-electron chi connectivity index (χ3n) is 8.08. The van der Waals surface area contributed by atoms with Gasteiger partial charge in [0.2, 0.25) is 11.8 Å². The summed E-state index contributed by atoms with van der Waals surface area (Å²) in [5.74, 6) is -0.877. The Morgan fingerprint density at radius 2 is 1.77 bits per heavy atom. The van der Waals surface area contributed by atoms with Gasteiger partial charge in [-0.25, -0.2) is 4.79 Å². The summed E-state index contributed by atoms with van der Waals surface area (Å²) in [6.07, 6.45) is 4.52. The highest BCUT2D eigenvalue weighted by Crippen LogP contribution is 2.33. The number of imide groups is 1. The van der Waals surface area contributed by atoms with Crippen LogP contribution in [0.5, 0.6) is 0 Å². The molecule has 0 radical (unpaired) electrons. The number of nitrogens with one attached hydrogen (secondary N) is 1. The molecule has 3 aliphatic heterocycles. The highest BCUT2D eigenvalue weighted by atomic mass is 16.6. The van der Waals surface area contributed by atoms with E-state index in [1.54, 1.807) is 0 Å². The van der Waals surface area contributed by atoms with Crippen LogP contribution in [-0.4, -0.2) is 76.1 Å². The van der Waals surface area contributed by atoms with Crippen LogP contribution in [0.2, 0.25) is 0 Å². The maximum Gasteiger partial charge on any atom is 0.410 e. The molecular formula is C29H41N5O5. The zero-order chi connectivity index (χ0) is 27.9. The number of piperidine rings is 3. The number of carbonyl (C=O) groups excluding carboxylic acids is 3. The predicted octanol–water partition coefficient (Wildman–Crippen LogP) is 3.87. The van der Waals surface area contributed by atoms with Crippen LogP contribution in [0, 0.1) is 0 Å². The maximum absolute atomic E-state index is 12.5. The summed E-state index contributed by atoms with van der Waals surface area (Å²) in [4.78, 5) is 40.7. The normalized spacial score (nSPS) is 25.2. The number of benzene rings is 1. The maximum atomic E-state index is 12.5. The van der Waals surface area contributed by atoms with Gasteiger partial charge in [0.05, 0.1) is 29.3 Å². The Bertz CT molecular complexity index is 1240. The van der Waals surface area contributed by atoms with Gasteiger partial charge in [-0.3, -0.25) is 19.6 Å². The molecule has 4 heterocycles. The molecule has 1 unspecified atom stereocenters. The first-order valence-corrected chi connectivity index (χ1v) is 14.2. The molecule has 3 atom stereocenters. The van der Waals surface area contributed by atoms with Crippen molar-refractivity contribution >= 4 is 34.5 Å². The Balaban J connectivity index is 1.16. The summed E-state index contributed by atoms with van der Waals surface area (Å²) in [5.41, 5.74) is 2.37. The van der Waals surface area contributed by atoms with Crippen molar-refractivity contribution in [3.05, 3.63) is 23.9 Å². The molecule has 0 saturated carbocycles. The fourth-order valence-electron chi connectivity index (χ4n) is 6.05. The molecule has 5 rings (SSSR count). The largest absolute Gasteiger partial charge is 0.444 e. The zero-order valence-corrected chi connectivity index (χ0v) is 23.7. The lowest BCUT2D eigenvalue weighted by Crippen LogP contribution is -2.49. The number of likely N-dealkylation sites (tertiary alicyclic amines) is 1. The van der Waals surface area contributed by atoms with Gasteiger partial charge in [-0.15, -0.1) is 0 Å². The van der Waals surface area contributed by atoms with Gasteiger partial charge in [-0.2, -0.15) is 5.10 Å². The van der Waals surface area contributed by atoms with Gasteiger partial charge in [0, 0.05) is 50.2 Å². The molecule has 3 fully saturated rings. The van der Waals surface area contributed by atoms with Crippen molar-refractivity contribution in [2.75, 3.05) is 24.5 Å². The van der Waals surface area contributed by atoms with E-state index < -0.39 is 11.5 Å². The number of aromatic nitrogens is 2. The molecule has 10 heteroatoms. The van der Waals surface area contributed by atoms with E-state index in [2.05, 4.69) is 40.4 Å². The Morgan fingerprint density at radius 1 is 1.05 bits per heavy atom. The molecule has 3 amide bonds. The molecule has 0 aliphatic carbocycles. The van der Waals surface area contributed by atoms with E-state index in [9.17, 15) is 14.4 Å². The van der Waals surface area contributed by atoms with Crippen molar-refractivity contribution in [1.29, 1.82) is 0 Å². The highest BCUT2D eigenvalue weighted by molar-refractivity contribution is 6.02. The SMILES string of the molecule is C[C@H]1C[C@H](OC2CCN(c3ccc4c(C5CCC(=O)NC5=O)nn(C)c4c3)CC2)CCN1C(=O)OC(C)(C)C. The molecule has 0 spiro atoms. The van der Waals surface area contributed by atoms with E-state index in [0.29, 0.717) is 19.4 Å². The Morgan fingerprint density at radius 3 is 2.44 bits per heavy atom. The number of anilines is 1. The number of nitrogens with zero attached hydrogens (tertiary/aromatic N) is 4. The van der Waals surface area contributed by atoms with Crippen LogP contribution in [0.4, 0.5) is 10.5 Å². The second-order valence-electron chi connectivity index (χ2n) is 12.2. The molecule has 1 aromatic heterocycles. The monoisotopic (exact) mass is 539 g/mol. The highest BCUT2D eigenvalue weighted by Gasteiger charge is 2.34. The molecule has 3 saturated heterocycles. The number of aryl methyl sites for hydroxylation is 1. The van der Waals surface area contributed by atoms with Crippen LogP contribution in [0.1, 0.15) is 77.8 Å². The van der Waals surface area contributed by atoms with E-state index >= 15 is 0 Å². The average molecular weight is 540 g/mol. The van der Waals surface area contributed by atoms with Gasteiger partial charge >= 0.3 is 6.09 Å². The first-order valence-electron chi connectivity index (χ1n) is 14.2. The lowest BCUT2D eigenvalue weighted by molar-refractivity contribution is -0.134. The van der Waals surface area contributed by atoms with E-state index in [1.165, 1.54) is 0 Å². The van der Waals surface area contributed by atoms with Gasteiger partial charge < -0.3 is 19.3 Å². The Kier molecular flexibility index (Phi) is 7.59. The van der Waals surface area contributed by atoms with Crippen LogP contribution in [0.25, 0.3) is 10.9 Å². The summed E-state index contributed by atoms with van der Waals surface area (Å²) in [5, 5.41) is 8.07. The van der Waals surface area contributed by atoms with Crippen molar-refractivity contribution in [3.8, 4) is 0 Å². The van der Waals surface area contributed by atoms with Crippen LogP contribution in [0.3, 0.4) is 0 Å². The second kappa shape index (κ2) is 10.8. The van der Waals surface area contributed by atoms with Gasteiger partial charge in [0.15, 0.2) is 0 Å². The van der Waals surface area contributed by atoms with E-state index in [4.69, 9.17) is 9.47 Å². The molecule has 10 nitrogen and oxygen atoms in total. The van der Waals surface area contributed by atoms with Crippen LogP contribution >= 0.6 is 0 Å². The summed E-state index contributed by atoms with van der Waals surface area (Å²) in [7, 11) is 1.90. The summed E-state index contributed by atoms with van der Waals surface area (Å²) in [6, 6.07) is 6.40.